The Hall–Kier alpha value is -2.07. The number of thiocarbonyl (C=S) groups is 1. The van der Waals surface area contributed by atoms with Crippen molar-refractivity contribution in [1.29, 1.82) is 5.26 Å². The van der Waals surface area contributed by atoms with E-state index in [1.807, 2.05) is 6.07 Å². The molecule has 1 saturated carbocycles. The summed E-state index contributed by atoms with van der Waals surface area (Å²) in [5.41, 5.74) is -0.218. The molecule has 122 valence electrons. The molecule has 0 spiro atoms. The van der Waals surface area contributed by atoms with E-state index in [1.54, 1.807) is 6.92 Å². The zero-order valence-electron chi connectivity index (χ0n) is 12.4. The van der Waals surface area contributed by atoms with Crippen molar-refractivity contribution >= 4 is 22.9 Å². The predicted octanol–water partition coefficient (Wildman–Crippen LogP) is 4.75. The van der Waals surface area contributed by atoms with Gasteiger partial charge < -0.3 is 10.4 Å². The van der Waals surface area contributed by atoms with Gasteiger partial charge in [0, 0.05) is 11.6 Å². The van der Waals surface area contributed by atoms with Crippen molar-refractivity contribution in [2.45, 2.75) is 32.4 Å². The second-order valence-corrected chi connectivity index (χ2v) is 5.73. The highest BCUT2D eigenvalue weighted by molar-refractivity contribution is 7.81. The fourth-order valence-electron chi connectivity index (χ4n) is 2.22. The third-order valence-corrected chi connectivity index (χ3v) is 3.91. The van der Waals surface area contributed by atoms with Crippen molar-refractivity contribution < 1.29 is 18.3 Å². The van der Waals surface area contributed by atoms with Crippen molar-refractivity contribution in [2.75, 3.05) is 5.32 Å². The van der Waals surface area contributed by atoms with E-state index in [0.717, 1.165) is 18.9 Å². The number of hydrogen-bond acceptors (Lipinski definition) is 3. The Bertz CT molecular complexity index is 700. The van der Waals surface area contributed by atoms with Crippen molar-refractivity contribution in [1.82, 2.24) is 0 Å². The Morgan fingerprint density at radius 3 is 2.57 bits per heavy atom. The van der Waals surface area contributed by atoms with Gasteiger partial charge in [0.25, 0.3) is 0 Å². The summed E-state index contributed by atoms with van der Waals surface area (Å²) in [6, 6.07) is 5.46. The summed E-state index contributed by atoms with van der Waals surface area (Å²) in [4.78, 5) is 0.0127. The lowest BCUT2D eigenvalue weighted by Crippen LogP contribution is -2.15. The first-order valence-electron chi connectivity index (χ1n) is 7.12. The molecule has 0 aliphatic heterocycles. The van der Waals surface area contributed by atoms with Crippen LogP contribution in [-0.4, -0.2) is 10.1 Å². The van der Waals surface area contributed by atoms with Gasteiger partial charge in [-0.25, -0.2) is 0 Å². The Morgan fingerprint density at radius 2 is 2.09 bits per heavy atom. The number of rotatable bonds is 4. The van der Waals surface area contributed by atoms with Crippen LogP contribution in [0.25, 0.3) is 0 Å². The minimum Gasteiger partial charge on any atom is -0.511 e. The number of alkyl halides is 3. The number of allylic oxidation sites excluding steroid dienone is 1. The van der Waals surface area contributed by atoms with E-state index < -0.39 is 11.7 Å². The Kier molecular flexibility index (Phi) is 4.95. The summed E-state index contributed by atoms with van der Waals surface area (Å²) in [7, 11) is 0. The lowest BCUT2D eigenvalue weighted by Gasteiger charge is -2.14. The molecule has 1 fully saturated rings. The van der Waals surface area contributed by atoms with Crippen LogP contribution in [0.15, 0.2) is 29.5 Å². The number of aliphatic hydroxyl groups is 1. The van der Waals surface area contributed by atoms with Gasteiger partial charge in [0.15, 0.2) is 0 Å². The predicted molar refractivity (Wildman–Crippen MR) is 85.0 cm³/mol. The number of nitriles is 1. The number of anilines is 1. The van der Waals surface area contributed by atoms with Crippen molar-refractivity contribution in [3.63, 3.8) is 0 Å². The highest BCUT2D eigenvalue weighted by Gasteiger charge is 2.33. The molecular weight excluding hydrogens is 325 g/mol. The zero-order chi connectivity index (χ0) is 17.2. The number of nitrogens with zero attached hydrogens (tertiary/aromatic N) is 1. The lowest BCUT2D eigenvalue weighted by molar-refractivity contribution is -0.138. The van der Waals surface area contributed by atoms with Crippen LogP contribution in [0.3, 0.4) is 0 Å². The average Bonchev–Trinajstić information content (AvgIpc) is 3.31. The Labute approximate surface area is 137 Å². The van der Waals surface area contributed by atoms with Crippen LogP contribution in [0.1, 0.15) is 30.9 Å². The Morgan fingerprint density at radius 1 is 1.43 bits per heavy atom. The summed E-state index contributed by atoms with van der Waals surface area (Å²) >= 11 is 5.09. The molecule has 23 heavy (non-hydrogen) atoms. The molecule has 0 heterocycles. The quantitative estimate of drug-likeness (QED) is 0.359. The zero-order valence-corrected chi connectivity index (χ0v) is 13.2. The molecule has 0 atom stereocenters. The van der Waals surface area contributed by atoms with E-state index in [9.17, 15) is 18.3 Å². The van der Waals surface area contributed by atoms with Gasteiger partial charge in [-0.2, -0.15) is 18.4 Å². The highest BCUT2D eigenvalue weighted by Crippen LogP contribution is 2.37. The first-order chi connectivity index (χ1) is 10.8. The van der Waals surface area contributed by atoms with Gasteiger partial charge in [-0.3, -0.25) is 0 Å². The second kappa shape index (κ2) is 6.59. The van der Waals surface area contributed by atoms with E-state index in [4.69, 9.17) is 17.5 Å². The second-order valence-electron chi connectivity index (χ2n) is 5.32. The number of hydrogen-bond donors (Lipinski definition) is 2. The van der Waals surface area contributed by atoms with Crippen molar-refractivity contribution in [3.8, 4) is 6.07 Å². The van der Waals surface area contributed by atoms with Gasteiger partial charge in [-0.1, -0.05) is 19.1 Å². The van der Waals surface area contributed by atoms with Crippen LogP contribution in [0, 0.1) is 17.2 Å². The minimum atomic E-state index is -4.41. The van der Waals surface area contributed by atoms with Gasteiger partial charge in [0.2, 0.25) is 0 Å². The van der Waals surface area contributed by atoms with E-state index in [0.29, 0.717) is 5.69 Å². The normalized spacial score (nSPS) is 15.6. The SMILES string of the molecule is CCc1cc(NC(=S)C(C#N)=C(O)C2CC2)ccc1C(F)(F)F. The topological polar surface area (TPSA) is 56.0 Å². The molecule has 3 nitrogen and oxygen atoms in total. The maximum atomic E-state index is 12.9. The number of halogens is 3. The molecule has 7 heteroatoms. The molecule has 0 amide bonds. The Balaban J connectivity index is 2.25. The van der Waals surface area contributed by atoms with E-state index in [2.05, 4.69) is 5.32 Å². The highest BCUT2D eigenvalue weighted by atomic mass is 32.1. The summed E-state index contributed by atoms with van der Waals surface area (Å²) in [5.74, 6) is -0.0872. The van der Waals surface area contributed by atoms with Crippen LogP contribution in [0.2, 0.25) is 0 Å². The van der Waals surface area contributed by atoms with Gasteiger partial charge >= 0.3 is 6.18 Å². The number of aryl methyl sites for hydroxylation is 1. The molecule has 0 unspecified atom stereocenters. The van der Waals surface area contributed by atoms with Gasteiger partial charge in [-0.05, 0) is 43.0 Å². The molecule has 0 aromatic heterocycles. The first kappa shape index (κ1) is 17.3. The smallest absolute Gasteiger partial charge is 0.416 e. The van der Waals surface area contributed by atoms with Gasteiger partial charge in [0.1, 0.15) is 22.4 Å². The van der Waals surface area contributed by atoms with Gasteiger partial charge in [-0.15, -0.1) is 0 Å². The van der Waals surface area contributed by atoms with Crippen LogP contribution in [-0.2, 0) is 12.6 Å². The minimum absolute atomic E-state index is 0.0127. The maximum absolute atomic E-state index is 12.9. The first-order valence-corrected chi connectivity index (χ1v) is 7.53. The summed E-state index contributed by atoms with van der Waals surface area (Å²) in [5, 5.41) is 21.8. The molecule has 0 saturated heterocycles. The fraction of sp³-hybridized carbons (Fsp3) is 0.375. The monoisotopic (exact) mass is 340 g/mol. The third-order valence-electron chi connectivity index (χ3n) is 3.61. The van der Waals surface area contributed by atoms with Crippen LogP contribution >= 0.6 is 12.2 Å². The average molecular weight is 340 g/mol. The van der Waals surface area contributed by atoms with E-state index >= 15 is 0 Å². The molecule has 1 aromatic rings. The number of nitrogens with one attached hydrogen (secondary N) is 1. The summed E-state index contributed by atoms with van der Waals surface area (Å²) in [6.45, 7) is 1.63. The van der Waals surface area contributed by atoms with Crippen molar-refractivity contribution in [3.05, 3.63) is 40.7 Å². The number of aliphatic hydroxyl groups excluding tert-OH is 1. The van der Waals surface area contributed by atoms with Crippen LogP contribution in [0.5, 0.6) is 0 Å². The lowest BCUT2D eigenvalue weighted by atomic mass is 10.0. The van der Waals surface area contributed by atoms with Gasteiger partial charge in [0.05, 0.1) is 5.56 Å². The van der Waals surface area contributed by atoms with E-state index in [1.165, 1.54) is 12.1 Å². The summed E-state index contributed by atoms with van der Waals surface area (Å²) in [6.07, 6.45) is -2.59. The summed E-state index contributed by atoms with van der Waals surface area (Å²) < 4.78 is 38.7. The third kappa shape index (κ3) is 4.02. The molecule has 0 bridgehead atoms. The van der Waals surface area contributed by atoms with Crippen LogP contribution < -0.4 is 5.32 Å². The maximum Gasteiger partial charge on any atom is 0.416 e. The molecule has 2 N–H and O–H groups in total. The largest absolute Gasteiger partial charge is 0.511 e. The molecule has 1 aliphatic rings. The number of benzene rings is 1. The molecule has 2 rings (SSSR count). The van der Waals surface area contributed by atoms with E-state index in [-0.39, 0.29) is 34.2 Å². The molecule has 0 radical (unpaired) electrons. The molecule has 1 aromatic carbocycles. The molecular formula is C16H15F3N2OS. The van der Waals surface area contributed by atoms with Crippen LogP contribution in [0.4, 0.5) is 18.9 Å². The standard InChI is InChI=1S/C16H15F3N2OS/c1-2-9-7-11(5-6-13(9)16(17,18)19)21-15(23)12(8-20)14(22)10-3-4-10/h5-7,10,22H,2-4H2,1H3,(H,21,23). The van der Waals surface area contributed by atoms with Crippen molar-refractivity contribution in [2.24, 2.45) is 5.92 Å². The molecule has 1 aliphatic carbocycles. The fourth-order valence-corrected chi connectivity index (χ4v) is 2.49.